The maximum Gasteiger partial charge on any atom is 0.269 e. The molecule has 0 amide bonds. The molecule has 0 aromatic heterocycles. The summed E-state index contributed by atoms with van der Waals surface area (Å²) in [6.07, 6.45) is 0. The molecule has 0 bridgehead atoms. The Bertz CT molecular complexity index is 1120. The van der Waals surface area contributed by atoms with E-state index in [4.69, 9.17) is 4.74 Å². The van der Waals surface area contributed by atoms with Crippen molar-refractivity contribution in [2.24, 2.45) is 0 Å². The SMILES string of the molecule is O=[N+]([O-])c1ccc(NCc2ccc(OCc3cccc4ccccc34)cc2)cc1. The number of nitrogens with zero attached hydrogens (tertiary/aromatic N) is 1. The highest BCUT2D eigenvalue weighted by Gasteiger charge is 2.04. The first kappa shape index (κ1) is 18.5. The Morgan fingerprint density at radius 1 is 0.828 bits per heavy atom. The predicted molar refractivity (Wildman–Crippen MR) is 115 cm³/mol. The highest BCUT2D eigenvalue weighted by Crippen LogP contribution is 2.21. The smallest absolute Gasteiger partial charge is 0.269 e. The molecule has 0 saturated heterocycles. The molecule has 29 heavy (non-hydrogen) atoms. The lowest BCUT2D eigenvalue weighted by atomic mass is 10.1. The average Bonchev–Trinajstić information content (AvgIpc) is 2.77. The van der Waals surface area contributed by atoms with E-state index < -0.39 is 4.92 Å². The summed E-state index contributed by atoms with van der Waals surface area (Å²) in [5, 5.41) is 16.4. The number of nitro groups is 1. The predicted octanol–water partition coefficient (Wildman–Crippen LogP) is 5.94. The first-order valence-electron chi connectivity index (χ1n) is 9.36. The monoisotopic (exact) mass is 384 g/mol. The Hall–Kier alpha value is -3.86. The molecule has 0 saturated carbocycles. The highest BCUT2D eigenvalue weighted by atomic mass is 16.6. The van der Waals surface area contributed by atoms with Gasteiger partial charge in [-0.15, -0.1) is 0 Å². The number of fused-ring (bicyclic) bond motifs is 1. The van der Waals surface area contributed by atoms with Crippen LogP contribution in [0, 0.1) is 10.1 Å². The normalized spacial score (nSPS) is 10.6. The molecule has 0 heterocycles. The van der Waals surface area contributed by atoms with Gasteiger partial charge in [0, 0.05) is 24.4 Å². The van der Waals surface area contributed by atoms with Crippen molar-refractivity contribution in [1.82, 2.24) is 0 Å². The van der Waals surface area contributed by atoms with Gasteiger partial charge in [0.05, 0.1) is 4.92 Å². The summed E-state index contributed by atoms with van der Waals surface area (Å²) in [6, 6.07) is 28.9. The molecule has 0 aliphatic carbocycles. The number of benzene rings is 4. The fraction of sp³-hybridized carbons (Fsp3) is 0.0833. The number of hydrogen-bond donors (Lipinski definition) is 1. The number of non-ortho nitro benzene ring substituents is 1. The van der Waals surface area contributed by atoms with Crippen LogP contribution in [-0.4, -0.2) is 4.92 Å². The van der Waals surface area contributed by atoms with Crippen molar-refractivity contribution in [3.05, 3.63) is 112 Å². The van der Waals surface area contributed by atoms with Gasteiger partial charge in [0.15, 0.2) is 0 Å². The van der Waals surface area contributed by atoms with Crippen molar-refractivity contribution in [3.8, 4) is 5.75 Å². The Labute approximate surface area is 168 Å². The minimum absolute atomic E-state index is 0.0863. The van der Waals surface area contributed by atoms with E-state index in [0.717, 1.165) is 22.6 Å². The Morgan fingerprint density at radius 2 is 1.55 bits per heavy atom. The van der Waals surface area contributed by atoms with E-state index in [2.05, 4.69) is 29.6 Å². The van der Waals surface area contributed by atoms with Crippen LogP contribution in [0.25, 0.3) is 10.8 Å². The summed E-state index contributed by atoms with van der Waals surface area (Å²) < 4.78 is 5.97. The molecular formula is C24H20N2O3. The maximum absolute atomic E-state index is 10.7. The van der Waals surface area contributed by atoms with Crippen LogP contribution in [0.2, 0.25) is 0 Å². The van der Waals surface area contributed by atoms with E-state index in [1.807, 2.05) is 42.5 Å². The van der Waals surface area contributed by atoms with Gasteiger partial charge in [-0.3, -0.25) is 10.1 Å². The van der Waals surface area contributed by atoms with Crippen LogP contribution in [0.15, 0.2) is 91.0 Å². The van der Waals surface area contributed by atoms with Gasteiger partial charge in [-0.1, -0.05) is 54.6 Å². The van der Waals surface area contributed by atoms with Crippen LogP contribution >= 0.6 is 0 Å². The molecule has 0 unspecified atom stereocenters. The van der Waals surface area contributed by atoms with Gasteiger partial charge in [0.1, 0.15) is 12.4 Å². The summed E-state index contributed by atoms with van der Waals surface area (Å²) in [4.78, 5) is 10.3. The van der Waals surface area contributed by atoms with Crippen molar-refractivity contribution in [2.75, 3.05) is 5.32 Å². The van der Waals surface area contributed by atoms with Gasteiger partial charge in [-0.05, 0) is 46.2 Å². The third-order valence-corrected chi connectivity index (χ3v) is 4.77. The van der Waals surface area contributed by atoms with E-state index in [1.54, 1.807) is 12.1 Å². The number of rotatable bonds is 7. The minimum Gasteiger partial charge on any atom is -0.489 e. The molecule has 4 aromatic rings. The summed E-state index contributed by atoms with van der Waals surface area (Å²) in [5.41, 5.74) is 3.18. The average molecular weight is 384 g/mol. The zero-order chi connectivity index (χ0) is 20.1. The minimum atomic E-state index is -0.402. The molecule has 0 aliphatic heterocycles. The summed E-state index contributed by atoms with van der Waals surface area (Å²) >= 11 is 0. The lowest BCUT2D eigenvalue weighted by Gasteiger charge is -2.10. The van der Waals surface area contributed by atoms with E-state index >= 15 is 0 Å². The molecule has 0 fully saturated rings. The zero-order valence-corrected chi connectivity index (χ0v) is 15.7. The summed E-state index contributed by atoms with van der Waals surface area (Å²) in [7, 11) is 0. The molecule has 0 spiro atoms. The van der Waals surface area contributed by atoms with Gasteiger partial charge in [0.25, 0.3) is 5.69 Å². The molecular weight excluding hydrogens is 364 g/mol. The van der Waals surface area contributed by atoms with Crippen LogP contribution in [0.3, 0.4) is 0 Å². The first-order chi connectivity index (χ1) is 14.2. The van der Waals surface area contributed by atoms with Crippen LogP contribution in [0.5, 0.6) is 5.75 Å². The largest absolute Gasteiger partial charge is 0.489 e. The molecule has 5 nitrogen and oxygen atoms in total. The summed E-state index contributed by atoms with van der Waals surface area (Å²) in [5.74, 6) is 0.817. The molecule has 0 atom stereocenters. The third-order valence-electron chi connectivity index (χ3n) is 4.77. The second-order valence-corrected chi connectivity index (χ2v) is 6.73. The van der Waals surface area contributed by atoms with Gasteiger partial charge in [0.2, 0.25) is 0 Å². The molecule has 4 rings (SSSR count). The van der Waals surface area contributed by atoms with E-state index in [-0.39, 0.29) is 5.69 Å². The maximum atomic E-state index is 10.7. The number of nitrogens with one attached hydrogen (secondary N) is 1. The number of nitro benzene ring substituents is 1. The summed E-state index contributed by atoms with van der Waals surface area (Å²) in [6.45, 7) is 1.14. The van der Waals surface area contributed by atoms with Crippen LogP contribution in [0.4, 0.5) is 11.4 Å². The molecule has 0 aliphatic rings. The molecule has 1 N–H and O–H groups in total. The van der Waals surface area contributed by atoms with Crippen molar-refractivity contribution in [2.45, 2.75) is 13.2 Å². The standard InChI is InChI=1S/C24H20N2O3/c27-26(28)22-12-10-21(11-13-22)25-16-18-8-14-23(15-9-18)29-17-20-6-3-5-19-4-1-2-7-24(19)20/h1-15,25H,16-17H2. The zero-order valence-electron chi connectivity index (χ0n) is 15.7. The van der Waals surface area contributed by atoms with Crippen LogP contribution in [0.1, 0.15) is 11.1 Å². The topological polar surface area (TPSA) is 64.4 Å². The third kappa shape index (κ3) is 4.52. The molecule has 5 heteroatoms. The fourth-order valence-electron chi connectivity index (χ4n) is 3.19. The number of hydrogen-bond acceptors (Lipinski definition) is 4. The van der Waals surface area contributed by atoms with E-state index in [1.165, 1.54) is 22.9 Å². The Kier molecular flexibility index (Phi) is 5.38. The van der Waals surface area contributed by atoms with Gasteiger partial charge in [-0.2, -0.15) is 0 Å². The highest BCUT2D eigenvalue weighted by molar-refractivity contribution is 5.85. The molecule has 144 valence electrons. The van der Waals surface area contributed by atoms with Crippen LogP contribution in [-0.2, 0) is 13.2 Å². The van der Waals surface area contributed by atoms with E-state index in [9.17, 15) is 10.1 Å². The van der Waals surface area contributed by atoms with Crippen LogP contribution < -0.4 is 10.1 Å². The quantitative estimate of drug-likeness (QED) is 0.316. The fourth-order valence-corrected chi connectivity index (χ4v) is 3.19. The van der Waals surface area contributed by atoms with E-state index in [0.29, 0.717) is 13.2 Å². The first-order valence-corrected chi connectivity index (χ1v) is 9.36. The molecule has 4 aromatic carbocycles. The Balaban J connectivity index is 1.34. The Morgan fingerprint density at radius 3 is 2.31 bits per heavy atom. The van der Waals surface area contributed by atoms with Gasteiger partial charge in [-0.25, -0.2) is 0 Å². The van der Waals surface area contributed by atoms with Gasteiger partial charge < -0.3 is 10.1 Å². The molecule has 0 radical (unpaired) electrons. The second-order valence-electron chi connectivity index (χ2n) is 6.73. The van der Waals surface area contributed by atoms with Gasteiger partial charge >= 0.3 is 0 Å². The number of anilines is 1. The van der Waals surface area contributed by atoms with Crippen molar-refractivity contribution in [3.63, 3.8) is 0 Å². The van der Waals surface area contributed by atoms with Crippen molar-refractivity contribution in [1.29, 1.82) is 0 Å². The van der Waals surface area contributed by atoms with Crippen molar-refractivity contribution >= 4 is 22.1 Å². The van der Waals surface area contributed by atoms with Crippen molar-refractivity contribution < 1.29 is 9.66 Å². The second kappa shape index (κ2) is 8.44. The number of ether oxygens (including phenoxy) is 1. The lowest BCUT2D eigenvalue weighted by Crippen LogP contribution is -2.00. The lowest BCUT2D eigenvalue weighted by molar-refractivity contribution is -0.384.